The van der Waals surface area contributed by atoms with Gasteiger partial charge in [-0.2, -0.15) is 0 Å². The molecule has 2 rings (SSSR count). The van der Waals surface area contributed by atoms with Gasteiger partial charge in [0.15, 0.2) is 0 Å². The topological polar surface area (TPSA) is 43.1 Å². The Morgan fingerprint density at radius 2 is 1.89 bits per heavy atom. The zero-order valence-corrected chi connectivity index (χ0v) is 10.8. The molecule has 0 aliphatic heterocycles. The van der Waals surface area contributed by atoms with Crippen molar-refractivity contribution in [3.05, 3.63) is 35.6 Å². The molecule has 2 nitrogen and oxygen atoms in total. The molecule has 1 saturated carbocycles. The van der Waals surface area contributed by atoms with Gasteiger partial charge in [-0.15, -0.1) is 0 Å². The summed E-state index contributed by atoms with van der Waals surface area (Å²) in [5, 5.41) is 0. The molecule has 0 spiro atoms. The van der Waals surface area contributed by atoms with Crippen LogP contribution >= 0.6 is 0 Å². The standard InChI is InChI=1S/C15H20FNO/c1-11(12-7-3-4-8-13(12)16)15(14(17)18)9-5-2-6-10-15/h3-4,7-8,11H,2,5-6,9-10H2,1H3,(H2,17,18)/t11-/m0/s1. The Labute approximate surface area is 107 Å². The van der Waals surface area contributed by atoms with Gasteiger partial charge in [-0.25, -0.2) is 4.39 Å². The Hall–Kier alpha value is -1.38. The smallest absolute Gasteiger partial charge is 0.224 e. The van der Waals surface area contributed by atoms with Gasteiger partial charge in [-0.05, 0) is 30.4 Å². The monoisotopic (exact) mass is 249 g/mol. The lowest BCUT2D eigenvalue weighted by Gasteiger charge is -2.39. The zero-order chi connectivity index (χ0) is 13.2. The van der Waals surface area contributed by atoms with E-state index in [1.54, 1.807) is 12.1 Å². The van der Waals surface area contributed by atoms with Crippen molar-refractivity contribution >= 4 is 5.91 Å². The Morgan fingerprint density at radius 3 is 2.44 bits per heavy atom. The number of nitrogens with two attached hydrogens (primary N) is 1. The lowest BCUT2D eigenvalue weighted by atomic mass is 9.64. The molecule has 0 bridgehead atoms. The first-order valence-corrected chi connectivity index (χ1v) is 6.62. The van der Waals surface area contributed by atoms with E-state index in [0.717, 1.165) is 32.1 Å². The number of halogens is 1. The highest BCUT2D eigenvalue weighted by molar-refractivity contribution is 5.82. The first kappa shape index (κ1) is 13.1. The second-order valence-corrected chi connectivity index (χ2v) is 5.32. The Balaban J connectivity index is 2.37. The third-order valence-corrected chi connectivity index (χ3v) is 4.44. The summed E-state index contributed by atoms with van der Waals surface area (Å²) in [5.74, 6) is -0.675. The van der Waals surface area contributed by atoms with Crippen LogP contribution in [0.4, 0.5) is 4.39 Å². The minimum atomic E-state index is -0.569. The van der Waals surface area contributed by atoms with Crippen molar-refractivity contribution < 1.29 is 9.18 Å². The van der Waals surface area contributed by atoms with Crippen molar-refractivity contribution in [3.63, 3.8) is 0 Å². The molecule has 2 N–H and O–H groups in total. The summed E-state index contributed by atoms with van der Waals surface area (Å²) in [7, 11) is 0. The van der Waals surface area contributed by atoms with Crippen molar-refractivity contribution in [2.45, 2.75) is 44.9 Å². The normalized spacial score (nSPS) is 20.3. The maximum atomic E-state index is 13.9. The number of hydrogen-bond donors (Lipinski definition) is 1. The highest BCUT2D eigenvalue weighted by Gasteiger charge is 2.43. The van der Waals surface area contributed by atoms with Crippen LogP contribution in [0, 0.1) is 11.2 Å². The van der Waals surface area contributed by atoms with Crippen molar-refractivity contribution in [1.82, 2.24) is 0 Å². The van der Waals surface area contributed by atoms with Gasteiger partial charge in [0, 0.05) is 0 Å². The van der Waals surface area contributed by atoms with Gasteiger partial charge in [0.05, 0.1) is 5.41 Å². The summed E-state index contributed by atoms with van der Waals surface area (Å²) in [4.78, 5) is 11.9. The SMILES string of the molecule is C[C@@H](c1ccccc1F)C1(C(N)=O)CCCCC1. The van der Waals surface area contributed by atoms with Crippen molar-refractivity contribution in [1.29, 1.82) is 0 Å². The average molecular weight is 249 g/mol. The zero-order valence-electron chi connectivity index (χ0n) is 10.8. The molecule has 0 heterocycles. The fourth-order valence-corrected chi connectivity index (χ4v) is 3.20. The lowest BCUT2D eigenvalue weighted by Crippen LogP contribution is -2.43. The number of carbonyl (C=O) groups is 1. The summed E-state index contributed by atoms with van der Waals surface area (Å²) >= 11 is 0. The van der Waals surface area contributed by atoms with Gasteiger partial charge < -0.3 is 5.73 Å². The van der Waals surface area contributed by atoms with Crippen LogP contribution in [0.15, 0.2) is 24.3 Å². The third-order valence-electron chi connectivity index (χ3n) is 4.44. The number of amides is 1. The van der Waals surface area contributed by atoms with E-state index in [4.69, 9.17) is 5.73 Å². The number of benzene rings is 1. The quantitative estimate of drug-likeness (QED) is 0.877. The summed E-state index contributed by atoms with van der Waals surface area (Å²) in [6.07, 6.45) is 4.69. The van der Waals surface area contributed by atoms with Crippen LogP contribution in [-0.2, 0) is 4.79 Å². The van der Waals surface area contributed by atoms with Crippen molar-refractivity contribution in [2.24, 2.45) is 11.1 Å². The number of hydrogen-bond acceptors (Lipinski definition) is 1. The fourth-order valence-electron chi connectivity index (χ4n) is 3.20. The van der Waals surface area contributed by atoms with Crippen molar-refractivity contribution in [3.8, 4) is 0 Å². The molecular formula is C15H20FNO. The molecule has 18 heavy (non-hydrogen) atoms. The number of primary amides is 1. The molecule has 1 atom stereocenters. The van der Waals surface area contributed by atoms with Crippen LogP contribution in [0.5, 0.6) is 0 Å². The van der Waals surface area contributed by atoms with E-state index in [-0.39, 0.29) is 17.6 Å². The van der Waals surface area contributed by atoms with E-state index in [2.05, 4.69) is 0 Å². The average Bonchev–Trinajstić information content (AvgIpc) is 2.39. The van der Waals surface area contributed by atoms with Gasteiger partial charge in [-0.3, -0.25) is 4.79 Å². The molecule has 0 saturated heterocycles. The summed E-state index contributed by atoms with van der Waals surface area (Å²) < 4.78 is 13.9. The Morgan fingerprint density at radius 1 is 1.28 bits per heavy atom. The van der Waals surface area contributed by atoms with Crippen LogP contribution in [0.3, 0.4) is 0 Å². The molecule has 1 aliphatic carbocycles. The fraction of sp³-hybridized carbons (Fsp3) is 0.533. The molecule has 1 aliphatic rings. The molecule has 98 valence electrons. The van der Waals surface area contributed by atoms with Gasteiger partial charge in [0.2, 0.25) is 5.91 Å². The van der Waals surface area contributed by atoms with Crippen LogP contribution in [0.1, 0.15) is 50.5 Å². The maximum absolute atomic E-state index is 13.9. The van der Waals surface area contributed by atoms with Gasteiger partial charge >= 0.3 is 0 Å². The summed E-state index contributed by atoms with van der Waals surface area (Å²) in [6, 6.07) is 6.69. The minimum absolute atomic E-state index is 0.156. The van der Waals surface area contributed by atoms with Crippen LogP contribution < -0.4 is 5.73 Å². The predicted molar refractivity (Wildman–Crippen MR) is 69.5 cm³/mol. The molecule has 0 aromatic heterocycles. The highest BCUT2D eigenvalue weighted by atomic mass is 19.1. The largest absolute Gasteiger partial charge is 0.369 e. The van der Waals surface area contributed by atoms with E-state index >= 15 is 0 Å². The molecule has 1 amide bonds. The predicted octanol–water partition coefficient (Wildman–Crippen LogP) is 3.37. The molecule has 3 heteroatoms. The molecule has 1 aromatic carbocycles. The summed E-state index contributed by atoms with van der Waals surface area (Å²) in [6.45, 7) is 1.93. The number of rotatable bonds is 3. The van der Waals surface area contributed by atoms with Gasteiger partial charge in [-0.1, -0.05) is 44.4 Å². The lowest BCUT2D eigenvalue weighted by molar-refractivity contribution is -0.130. The first-order chi connectivity index (χ1) is 8.58. The second kappa shape index (κ2) is 5.09. The molecule has 0 radical (unpaired) electrons. The van der Waals surface area contributed by atoms with Crippen LogP contribution in [-0.4, -0.2) is 5.91 Å². The maximum Gasteiger partial charge on any atom is 0.224 e. The molecule has 1 fully saturated rings. The third kappa shape index (κ3) is 2.14. The van der Waals surface area contributed by atoms with Gasteiger partial charge in [0.1, 0.15) is 5.82 Å². The molecule has 0 unspecified atom stereocenters. The van der Waals surface area contributed by atoms with E-state index in [1.165, 1.54) is 6.07 Å². The first-order valence-electron chi connectivity index (χ1n) is 6.62. The summed E-state index contributed by atoms with van der Waals surface area (Å²) in [5.41, 5.74) is 5.67. The molecular weight excluding hydrogens is 229 g/mol. The van der Waals surface area contributed by atoms with Crippen LogP contribution in [0.25, 0.3) is 0 Å². The Bertz CT molecular complexity index is 438. The van der Waals surface area contributed by atoms with E-state index < -0.39 is 5.41 Å². The Kier molecular flexibility index (Phi) is 3.69. The van der Waals surface area contributed by atoms with Crippen molar-refractivity contribution in [2.75, 3.05) is 0 Å². The van der Waals surface area contributed by atoms with E-state index in [9.17, 15) is 9.18 Å². The van der Waals surface area contributed by atoms with Crippen LogP contribution in [0.2, 0.25) is 0 Å². The number of carbonyl (C=O) groups excluding carboxylic acids is 1. The van der Waals surface area contributed by atoms with E-state index in [1.807, 2.05) is 13.0 Å². The molecule has 1 aromatic rings. The minimum Gasteiger partial charge on any atom is -0.369 e. The van der Waals surface area contributed by atoms with E-state index in [0.29, 0.717) is 5.56 Å². The van der Waals surface area contributed by atoms with Gasteiger partial charge in [0.25, 0.3) is 0 Å². The highest BCUT2D eigenvalue weighted by Crippen LogP contribution is 2.47. The second-order valence-electron chi connectivity index (χ2n) is 5.32.